The summed E-state index contributed by atoms with van der Waals surface area (Å²) in [4.78, 5) is 2.44. The summed E-state index contributed by atoms with van der Waals surface area (Å²) >= 11 is 6.21. The zero-order valence-electron chi connectivity index (χ0n) is 10.5. The smallest absolute Gasteiger partial charge is 0.0625 e. The average molecular weight is 251 g/mol. The Hall–Kier alpha value is -0.890. The third-order valence-corrected chi connectivity index (χ3v) is 4.72. The predicted molar refractivity (Wildman–Crippen MR) is 74.3 cm³/mol. The number of hydrogen-bond donors (Lipinski definition) is 1. The van der Waals surface area contributed by atoms with Crippen LogP contribution < -0.4 is 10.2 Å². The largest absolute Gasteiger partial charge is 0.378 e. The molecule has 1 heterocycles. The molecule has 2 atom stereocenters. The number of likely N-dealkylation sites (N-methyl/N-ethyl adjacent to an activating group) is 1. The second-order valence-corrected chi connectivity index (χ2v) is 5.69. The summed E-state index contributed by atoms with van der Waals surface area (Å²) in [5.74, 6) is 0. The molecule has 0 bridgehead atoms. The van der Waals surface area contributed by atoms with E-state index in [-0.39, 0.29) is 0 Å². The summed E-state index contributed by atoms with van der Waals surface area (Å²) in [7, 11) is 2.22. The van der Waals surface area contributed by atoms with Gasteiger partial charge in [-0.3, -0.25) is 0 Å². The van der Waals surface area contributed by atoms with Gasteiger partial charge in [-0.25, -0.2) is 0 Å². The van der Waals surface area contributed by atoms with Crippen LogP contribution in [0, 0.1) is 6.92 Å². The van der Waals surface area contributed by atoms with E-state index in [0.717, 1.165) is 5.02 Å². The normalized spacial score (nSPS) is 27.1. The molecular formula is C14H19ClN2. The second-order valence-electron chi connectivity index (χ2n) is 5.28. The zero-order valence-corrected chi connectivity index (χ0v) is 11.2. The Morgan fingerprint density at radius 3 is 2.88 bits per heavy atom. The van der Waals surface area contributed by atoms with Crippen LogP contribution in [0.3, 0.4) is 0 Å². The fourth-order valence-electron chi connectivity index (χ4n) is 3.26. The third-order valence-electron chi connectivity index (χ3n) is 4.31. The minimum Gasteiger partial charge on any atom is -0.378 e. The second kappa shape index (κ2) is 4.09. The van der Waals surface area contributed by atoms with E-state index in [9.17, 15) is 0 Å². The van der Waals surface area contributed by atoms with Gasteiger partial charge in [0.25, 0.3) is 0 Å². The van der Waals surface area contributed by atoms with Crippen LogP contribution in [-0.2, 0) is 0 Å². The van der Waals surface area contributed by atoms with E-state index in [1.165, 1.54) is 42.6 Å². The van der Waals surface area contributed by atoms with Gasteiger partial charge in [0.15, 0.2) is 0 Å². The topological polar surface area (TPSA) is 15.3 Å². The first kappa shape index (κ1) is 11.2. The third kappa shape index (κ3) is 1.70. The maximum atomic E-state index is 6.21. The Labute approximate surface area is 108 Å². The number of anilines is 2. The molecule has 1 aromatic rings. The minimum atomic E-state index is 0.596. The first-order chi connectivity index (χ1) is 8.18. The highest BCUT2D eigenvalue weighted by Crippen LogP contribution is 2.41. The van der Waals surface area contributed by atoms with Gasteiger partial charge < -0.3 is 10.2 Å². The molecule has 1 aromatic carbocycles. The molecular weight excluding hydrogens is 232 g/mol. The minimum absolute atomic E-state index is 0.596. The Morgan fingerprint density at radius 2 is 2.06 bits per heavy atom. The van der Waals surface area contributed by atoms with E-state index >= 15 is 0 Å². The molecule has 0 amide bonds. The SMILES string of the molecule is Cc1c(Cl)ccc2c1NC1CCCCC1N2C. The number of nitrogens with zero attached hydrogens (tertiary/aromatic N) is 1. The van der Waals surface area contributed by atoms with Crippen LogP contribution in [0.2, 0.25) is 5.02 Å². The van der Waals surface area contributed by atoms with Crippen LogP contribution in [0.5, 0.6) is 0 Å². The van der Waals surface area contributed by atoms with Gasteiger partial charge in [0.2, 0.25) is 0 Å². The fourth-order valence-corrected chi connectivity index (χ4v) is 3.41. The van der Waals surface area contributed by atoms with Crippen molar-refractivity contribution in [2.45, 2.75) is 44.7 Å². The van der Waals surface area contributed by atoms with E-state index in [1.807, 2.05) is 6.07 Å². The van der Waals surface area contributed by atoms with Crippen molar-refractivity contribution >= 4 is 23.0 Å². The Balaban J connectivity index is 2.05. The van der Waals surface area contributed by atoms with Crippen molar-refractivity contribution in [3.05, 3.63) is 22.7 Å². The highest BCUT2D eigenvalue weighted by Gasteiger charge is 2.34. The molecule has 0 aromatic heterocycles. The van der Waals surface area contributed by atoms with Gasteiger partial charge in [0, 0.05) is 24.2 Å². The number of benzene rings is 1. The Morgan fingerprint density at radius 1 is 1.29 bits per heavy atom. The molecule has 1 saturated carbocycles. The standard InChI is InChI=1S/C14H19ClN2/c1-9-10(15)7-8-13-14(9)16-11-5-3-4-6-12(11)17(13)2/h7-8,11-12,16H,3-6H2,1-2H3. The average Bonchev–Trinajstić information content (AvgIpc) is 2.35. The van der Waals surface area contributed by atoms with Gasteiger partial charge in [-0.05, 0) is 37.5 Å². The summed E-state index contributed by atoms with van der Waals surface area (Å²) in [6.07, 6.45) is 5.28. The van der Waals surface area contributed by atoms with E-state index in [2.05, 4.69) is 30.3 Å². The highest BCUT2D eigenvalue weighted by molar-refractivity contribution is 6.32. The number of halogens is 1. The fraction of sp³-hybridized carbons (Fsp3) is 0.571. The van der Waals surface area contributed by atoms with Crippen molar-refractivity contribution in [1.29, 1.82) is 0 Å². The lowest BCUT2D eigenvalue weighted by Gasteiger charge is -2.45. The van der Waals surface area contributed by atoms with Crippen LogP contribution in [0.15, 0.2) is 12.1 Å². The van der Waals surface area contributed by atoms with Crippen molar-refractivity contribution in [2.75, 3.05) is 17.3 Å². The summed E-state index contributed by atoms with van der Waals surface area (Å²) in [5, 5.41) is 4.57. The molecule has 3 heteroatoms. The molecule has 2 nitrogen and oxygen atoms in total. The number of fused-ring (bicyclic) bond motifs is 2. The van der Waals surface area contributed by atoms with Gasteiger partial charge in [0.1, 0.15) is 0 Å². The van der Waals surface area contributed by atoms with Gasteiger partial charge in [-0.1, -0.05) is 24.4 Å². The predicted octanol–water partition coefficient (Wildman–Crippen LogP) is 3.82. The molecule has 0 spiro atoms. The van der Waals surface area contributed by atoms with Crippen molar-refractivity contribution < 1.29 is 0 Å². The quantitative estimate of drug-likeness (QED) is 0.753. The summed E-state index contributed by atoms with van der Waals surface area (Å²) < 4.78 is 0. The van der Waals surface area contributed by atoms with Gasteiger partial charge in [0.05, 0.1) is 11.4 Å². The molecule has 92 valence electrons. The van der Waals surface area contributed by atoms with Crippen molar-refractivity contribution in [3.63, 3.8) is 0 Å². The lowest BCUT2D eigenvalue weighted by Crippen LogP contribution is -2.50. The molecule has 0 saturated heterocycles. The van der Waals surface area contributed by atoms with Crippen LogP contribution in [-0.4, -0.2) is 19.1 Å². The van der Waals surface area contributed by atoms with Crippen LogP contribution in [0.25, 0.3) is 0 Å². The Kier molecular flexibility index (Phi) is 2.70. The summed E-state index contributed by atoms with van der Waals surface area (Å²) in [5.41, 5.74) is 3.72. The molecule has 0 radical (unpaired) electrons. The van der Waals surface area contributed by atoms with Crippen LogP contribution in [0.4, 0.5) is 11.4 Å². The van der Waals surface area contributed by atoms with Crippen LogP contribution in [0.1, 0.15) is 31.2 Å². The number of hydrogen-bond acceptors (Lipinski definition) is 2. The van der Waals surface area contributed by atoms with Gasteiger partial charge >= 0.3 is 0 Å². The molecule has 2 unspecified atom stereocenters. The first-order valence-electron chi connectivity index (χ1n) is 6.47. The summed E-state index contributed by atoms with van der Waals surface area (Å²) in [6, 6.07) is 5.40. The number of rotatable bonds is 0. The van der Waals surface area contributed by atoms with Crippen molar-refractivity contribution in [3.8, 4) is 0 Å². The maximum Gasteiger partial charge on any atom is 0.0625 e. The summed E-state index contributed by atoms with van der Waals surface area (Å²) in [6.45, 7) is 2.10. The van der Waals surface area contributed by atoms with E-state index in [4.69, 9.17) is 11.6 Å². The van der Waals surface area contributed by atoms with E-state index < -0.39 is 0 Å². The van der Waals surface area contributed by atoms with E-state index in [0.29, 0.717) is 12.1 Å². The molecule has 1 aliphatic carbocycles. The first-order valence-corrected chi connectivity index (χ1v) is 6.85. The molecule has 3 rings (SSSR count). The number of nitrogens with one attached hydrogen (secondary N) is 1. The maximum absolute atomic E-state index is 6.21. The lowest BCUT2D eigenvalue weighted by atomic mass is 9.86. The van der Waals surface area contributed by atoms with Gasteiger partial charge in [-0.15, -0.1) is 0 Å². The Bertz CT molecular complexity index is 444. The molecule has 1 aliphatic heterocycles. The molecule has 1 N–H and O–H groups in total. The highest BCUT2D eigenvalue weighted by atomic mass is 35.5. The lowest BCUT2D eigenvalue weighted by molar-refractivity contribution is 0.385. The monoisotopic (exact) mass is 250 g/mol. The molecule has 17 heavy (non-hydrogen) atoms. The molecule has 1 fully saturated rings. The van der Waals surface area contributed by atoms with Gasteiger partial charge in [-0.2, -0.15) is 0 Å². The van der Waals surface area contributed by atoms with Crippen molar-refractivity contribution in [1.82, 2.24) is 0 Å². The van der Waals surface area contributed by atoms with Crippen molar-refractivity contribution in [2.24, 2.45) is 0 Å². The zero-order chi connectivity index (χ0) is 12.0. The van der Waals surface area contributed by atoms with Crippen LogP contribution >= 0.6 is 11.6 Å². The molecule has 2 aliphatic rings. The van der Waals surface area contributed by atoms with E-state index in [1.54, 1.807) is 0 Å².